The van der Waals surface area contributed by atoms with Crippen LogP contribution in [-0.2, 0) is 6.54 Å². The summed E-state index contributed by atoms with van der Waals surface area (Å²) in [5, 5.41) is 2.97. The van der Waals surface area contributed by atoms with E-state index in [2.05, 4.69) is 10.3 Å². The summed E-state index contributed by atoms with van der Waals surface area (Å²) in [7, 11) is 0. The molecule has 0 unspecified atom stereocenters. The SMILES string of the molecule is CCOc1ccc(C(=O)NCc2ccc(-n3cnc4ccccc43)cc2)cc1OCC. The third-order valence-electron chi connectivity index (χ3n) is 4.93. The van der Waals surface area contributed by atoms with Gasteiger partial charge in [-0.2, -0.15) is 0 Å². The Balaban J connectivity index is 1.43. The van der Waals surface area contributed by atoms with E-state index in [1.165, 1.54) is 0 Å². The van der Waals surface area contributed by atoms with Crippen molar-refractivity contribution in [2.24, 2.45) is 0 Å². The molecule has 158 valence electrons. The number of nitrogens with zero attached hydrogens (tertiary/aromatic N) is 2. The minimum absolute atomic E-state index is 0.159. The van der Waals surface area contributed by atoms with Crippen LogP contribution in [0.4, 0.5) is 0 Å². The summed E-state index contributed by atoms with van der Waals surface area (Å²) in [6.45, 7) is 5.29. The lowest BCUT2D eigenvalue weighted by atomic mass is 10.1. The quantitative estimate of drug-likeness (QED) is 0.451. The van der Waals surface area contributed by atoms with Crippen molar-refractivity contribution < 1.29 is 14.3 Å². The van der Waals surface area contributed by atoms with Gasteiger partial charge in [-0.1, -0.05) is 24.3 Å². The van der Waals surface area contributed by atoms with Gasteiger partial charge in [-0.05, 0) is 61.9 Å². The van der Waals surface area contributed by atoms with E-state index in [9.17, 15) is 4.79 Å². The Hall–Kier alpha value is -3.80. The van der Waals surface area contributed by atoms with Crippen LogP contribution in [-0.4, -0.2) is 28.7 Å². The van der Waals surface area contributed by atoms with Gasteiger partial charge in [-0.15, -0.1) is 0 Å². The Bertz CT molecular complexity index is 1180. The first-order valence-corrected chi connectivity index (χ1v) is 10.4. The Morgan fingerprint density at radius 1 is 0.935 bits per heavy atom. The third kappa shape index (κ3) is 4.53. The van der Waals surface area contributed by atoms with E-state index >= 15 is 0 Å². The van der Waals surface area contributed by atoms with Crippen molar-refractivity contribution in [2.45, 2.75) is 20.4 Å². The number of rotatable bonds is 8. The zero-order valence-corrected chi connectivity index (χ0v) is 17.7. The van der Waals surface area contributed by atoms with E-state index in [1.807, 2.05) is 73.3 Å². The lowest BCUT2D eigenvalue weighted by molar-refractivity contribution is 0.0950. The fourth-order valence-corrected chi connectivity index (χ4v) is 3.42. The molecule has 0 aliphatic carbocycles. The maximum absolute atomic E-state index is 12.6. The van der Waals surface area contributed by atoms with Crippen molar-refractivity contribution >= 4 is 16.9 Å². The van der Waals surface area contributed by atoms with Gasteiger partial charge in [0.1, 0.15) is 6.33 Å². The molecule has 0 spiro atoms. The molecule has 0 atom stereocenters. The molecule has 4 aromatic rings. The van der Waals surface area contributed by atoms with Gasteiger partial charge in [-0.3, -0.25) is 9.36 Å². The van der Waals surface area contributed by atoms with E-state index in [-0.39, 0.29) is 5.91 Å². The van der Waals surface area contributed by atoms with Crippen molar-refractivity contribution in [3.05, 3.63) is 84.2 Å². The molecule has 1 heterocycles. The van der Waals surface area contributed by atoms with Crippen molar-refractivity contribution in [3.63, 3.8) is 0 Å². The number of nitrogens with one attached hydrogen (secondary N) is 1. The number of para-hydroxylation sites is 2. The average Bonchev–Trinajstić information content (AvgIpc) is 3.23. The molecule has 1 N–H and O–H groups in total. The lowest BCUT2D eigenvalue weighted by Gasteiger charge is -2.12. The molecule has 0 bridgehead atoms. The fourth-order valence-electron chi connectivity index (χ4n) is 3.42. The summed E-state index contributed by atoms with van der Waals surface area (Å²) in [4.78, 5) is 17.1. The number of hydrogen-bond acceptors (Lipinski definition) is 4. The zero-order chi connectivity index (χ0) is 21.6. The third-order valence-corrected chi connectivity index (χ3v) is 4.93. The second kappa shape index (κ2) is 9.34. The molecule has 0 saturated carbocycles. The molecule has 31 heavy (non-hydrogen) atoms. The molecule has 4 rings (SSSR count). The second-order valence-corrected chi connectivity index (χ2v) is 6.98. The molecule has 0 aliphatic heterocycles. The highest BCUT2D eigenvalue weighted by atomic mass is 16.5. The molecule has 0 saturated heterocycles. The van der Waals surface area contributed by atoms with Crippen molar-refractivity contribution in [2.75, 3.05) is 13.2 Å². The summed E-state index contributed by atoms with van der Waals surface area (Å²) >= 11 is 0. The predicted octanol–water partition coefficient (Wildman–Crippen LogP) is 4.75. The van der Waals surface area contributed by atoms with Gasteiger partial charge in [0.15, 0.2) is 11.5 Å². The van der Waals surface area contributed by atoms with Gasteiger partial charge < -0.3 is 14.8 Å². The summed E-state index contributed by atoms with van der Waals surface area (Å²) in [6.07, 6.45) is 1.82. The fraction of sp³-hybridized carbons (Fsp3) is 0.200. The molecular weight excluding hydrogens is 390 g/mol. The molecule has 0 aliphatic rings. The minimum atomic E-state index is -0.159. The standard InChI is InChI=1S/C25H25N3O3/c1-3-30-23-14-11-19(15-24(23)31-4-2)25(29)26-16-18-9-12-20(13-10-18)28-17-27-21-7-5-6-8-22(21)28/h5-15,17H,3-4,16H2,1-2H3,(H,26,29). The predicted molar refractivity (Wildman–Crippen MR) is 121 cm³/mol. The Morgan fingerprint density at radius 3 is 2.45 bits per heavy atom. The Morgan fingerprint density at radius 2 is 1.68 bits per heavy atom. The zero-order valence-electron chi connectivity index (χ0n) is 17.7. The largest absolute Gasteiger partial charge is 0.490 e. The molecule has 1 amide bonds. The van der Waals surface area contributed by atoms with Crippen LogP contribution in [0, 0.1) is 0 Å². The molecule has 1 aromatic heterocycles. The summed E-state index contributed by atoms with van der Waals surface area (Å²) in [5.41, 5.74) is 4.59. The van der Waals surface area contributed by atoms with Gasteiger partial charge >= 0.3 is 0 Å². The summed E-state index contributed by atoms with van der Waals surface area (Å²) in [6, 6.07) is 21.3. The first kappa shape index (κ1) is 20.5. The topological polar surface area (TPSA) is 65.4 Å². The number of imidazole rings is 1. The van der Waals surface area contributed by atoms with Crippen LogP contribution in [0.2, 0.25) is 0 Å². The first-order valence-electron chi connectivity index (χ1n) is 10.4. The molecule has 0 radical (unpaired) electrons. The van der Waals surface area contributed by atoms with Crippen LogP contribution in [0.5, 0.6) is 11.5 Å². The molecule has 6 nitrogen and oxygen atoms in total. The van der Waals surface area contributed by atoms with Crippen molar-refractivity contribution in [3.8, 4) is 17.2 Å². The second-order valence-electron chi connectivity index (χ2n) is 6.98. The van der Waals surface area contributed by atoms with E-state index in [1.54, 1.807) is 18.2 Å². The number of carbonyl (C=O) groups is 1. The van der Waals surface area contributed by atoms with Crippen LogP contribution in [0.3, 0.4) is 0 Å². The lowest BCUT2D eigenvalue weighted by Crippen LogP contribution is -2.22. The average molecular weight is 415 g/mol. The minimum Gasteiger partial charge on any atom is -0.490 e. The monoisotopic (exact) mass is 415 g/mol. The Kier molecular flexibility index (Phi) is 6.17. The highest BCUT2D eigenvalue weighted by Gasteiger charge is 2.12. The molecular formula is C25H25N3O3. The number of benzene rings is 3. The number of aromatic nitrogens is 2. The highest BCUT2D eigenvalue weighted by molar-refractivity contribution is 5.94. The number of hydrogen-bond donors (Lipinski definition) is 1. The smallest absolute Gasteiger partial charge is 0.251 e. The van der Waals surface area contributed by atoms with E-state index in [0.717, 1.165) is 22.3 Å². The number of fused-ring (bicyclic) bond motifs is 1. The van der Waals surface area contributed by atoms with E-state index in [0.29, 0.717) is 36.8 Å². The van der Waals surface area contributed by atoms with Crippen LogP contribution in [0.15, 0.2) is 73.1 Å². The highest BCUT2D eigenvalue weighted by Crippen LogP contribution is 2.28. The molecule has 0 fully saturated rings. The number of ether oxygens (including phenoxy) is 2. The van der Waals surface area contributed by atoms with Gasteiger partial charge in [0.25, 0.3) is 5.91 Å². The van der Waals surface area contributed by atoms with Crippen molar-refractivity contribution in [1.82, 2.24) is 14.9 Å². The molecule has 6 heteroatoms. The van der Waals surface area contributed by atoms with E-state index < -0.39 is 0 Å². The van der Waals surface area contributed by atoms with Gasteiger partial charge in [0.2, 0.25) is 0 Å². The maximum Gasteiger partial charge on any atom is 0.251 e. The first-order chi connectivity index (χ1) is 15.2. The summed E-state index contributed by atoms with van der Waals surface area (Å²) in [5.74, 6) is 1.06. The van der Waals surface area contributed by atoms with Crippen LogP contribution in [0.1, 0.15) is 29.8 Å². The summed E-state index contributed by atoms with van der Waals surface area (Å²) < 4.78 is 13.2. The normalized spacial score (nSPS) is 10.8. The maximum atomic E-state index is 12.6. The number of carbonyl (C=O) groups excluding carboxylic acids is 1. The van der Waals surface area contributed by atoms with Crippen LogP contribution in [0.25, 0.3) is 16.7 Å². The van der Waals surface area contributed by atoms with Gasteiger partial charge in [-0.25, -0.2) is 4.98 Å². The van der Waals surface area contributed by atoms with Gasteiger partial charge in [0, 0.05) is 17.8 Å². The van der Waals surface area contributed by atoms with Gasteiger partial charge in [0.05, 0.1) is 24.2 Å². The Labute approximate surface area is 181 Å². The number of amides is 1. The van der Waals surface area contributed by atoms with Crippen LogP contribution >= 0.6 is 0 Å². The van der Waals surface area contributed by atoms with E-state index in [4.69, 9.17) is 9.47 Å². The van der Waals surface area contributed by atoms with Crippen molar-refractivity contribution in [1.29, 1.82) is 0 Å². The molecule has 3 aromatic carbocycles. The van der Waals surface area contributed by atoms with Crippen LogP contribution < -0.4 is 14.8 Å².